The largest absolute Gasteiger partial charge is 0.486 e. The Balaban J connectivity index is 1.60. The Morgan fingerprint density at radius 1 is 1.36 bits per heavy atom. The van der Waals surface area contributed by atoms with E-state index in [9.17, 15) is 9.18 Å². The third-order valence-electron chi connectivity index (χ3n) is 3.43. The van der Waals surface area contributed by atoms with Gasteiger partial charge in [-0.25, -0.2) is 4.39 Å². The van der Waals surface area contributed by atoms with Gasteiger partial charge in [-0.1, -0.05) is 11.6 Å². The molecule has 5 nitrogen and oxygen atoms in total. The molecule has 2 heterocycles. The Kier molecular flexibility index (Phi) is 5.00. The van der Waals surface area contributed by atoms with Gasteiger partial charge in [0.1, 0.15) is 35.4 Å². The lowest BCUT2D eigenvalue weighted by molar-refractivity contribution is 0.103. The first kappa shape index (κ1) is 17.0. The number of carbonyl (C=O) groups excluding carboxylic acids is 1. The molecule has 7 heteroatoms. The molecule has 0 fully saturated rings. The number of ether oxygens (including phenoxy) is 1. The highest BCUT2D eigenvalue weighted by Gasteiger charge is 2.07. The Hall–Kier alpha value is -2.86. The summed E-state index contributed by atoms with van der Waals surface area (Å²) < 4.78 is 25.7. The van der Waals surface area contributed by atoms with Gasteiger partial charge in [0.2, 0.25) is 5.78 Å². The molecule has 0 aliphatic carbocycles. The average molecular weight is 361 g/mol. The van der Waals surface area contributed by atoms with Gasteiger partial charge in [-0.3, -0.25) is 9.48 Å². The van der Waals surface area contributed by atoms with Gasteiger partial charge in [0.25, 0.3) is 0 Å². The summed E-state index contributed by atoms with van der Waals surface area (Å²) in [6, 6.07) is 9.22. The van der Waals surface area contributed by atoms with Gasteiger partial charge in [-0.05, 0) is 42.5 Å². The lowest BCUT2D eigenvalue weighted by atomic mass is 10.2. The SMILES string of the molecule is Cn1nccc1C(=O)/C=C/c1ccc(COc2ccc(F)c(Cl)c2)o1. The maximum atomic E-state index is 13.1. The molecule has 0 aliphatic rings. The van der Waals surface area contributed by atoms with E-state index < -0.39 is 5.82 Å². The van der Waals surface area contributed by atoms with Crippen LogP contribution in [0, 0.1) is 5.82 Å². The fourth-order valence-corrected chi connectivity index (χ4v) is 2.31. The van der Waals surface area contributed by atoms with Crippen molar-refractivity contribution in [1.29, 1.82) is 0 Å². The number of rotatable bonds is 6. The van der Waals surface area contributed by atoms with Crippen LogP contribution in [-0.2, 0) is 13.7 Å². The minimum absolute atomic E-state index is 0.00533. The number of carbonyl (C=O) groups is 1. The number of ketones is 1. The second-order valence-electron chi connectivity index (χ2n) is 5.21. The summed E-state index contributed by atoms with van der Waals surface area (Å²) in [5.41, 5.74) is 0.486. The van der Waals surface area contributed by atoms with Gasteiger partial charge in [0.15, 0.2) is 0 Å². The number of furan rings is 1. The molecule has 0 bridgehead atoms. The summed E-state index contributed by atoms with van der Waals surface area (Å²) in [7, 11) is 1.70. The summed E-state index contributed by atoms with van der Waals surface area (Å²) in [4.78, 5) is 12.0. The zero-order chi connectivity index (χ0) is 17.8. The maximum absolute atomic E-state index is 13.1. The van der Waals surface area contributed by atoms with E-state index in [1.165, 1.54) is 29.0 Å². The zero-order valence-electron chi connectivity index (χ0n) is 13.3. The molecule has 3 rings (SSSR count). The van der Waals surface area contributed by atoms with Gasteiger partial charge < -0.3 is 9.15 Å². The third-order valence-corrected chi connectivity index (χ3v) is 3.72. The maximum Gasteiger partial charge on any atom is 0.203 e. The predicted molar refractivity (Wildman–Crippen MR) is 91.0 cm³/mol. The van der Waals surface area contributed by atoms with Crippen LogP contribution in [0.3, 0.4) is 0 Å². The summed E-state index contributed by atoms with van der Waals surface area (Å²) >= 11 is 5.70. The Labute approximate surface area is 148 Å². The first-order chi connectivity index (χ1) is 12.0. The minimum Gasteiger partial charge on any atom is -0.486 e. The highest BCUT2D eigenvalue weighted by Crippen LogP contribution is 2.22. The molecule has 0 saturated heterocycles. The van der Waals surface area contributed by atoms with E-state index in [2.05, 4.69) is 5.10 Å². The summed E-state index contributed by atoms with van der Waals surface area (Å²) in [6.45, 7) is 0.158. The molecule has 1 aromatic carbocycles. The highest BCUT2D eigenvalue weighted by atomic mass is 35.5. The number of hydrogen-bond donors (Lipinski definition) is 0. The molecule has 0 N–H and O–H groups in total. The summed E-state index contributed by atoms with van der Waals surface area (Å²) in [5, 5.41) is 3.95. The van der Waals surface area contributed by atoms with Crippen molar-refractivity contribution >= 4 is 23.5 Å². The Bertz CT molecular complexity index is 930. The number of benzene rings is 1. The molecular formula is C18H14ClFN2O3. The second-order valence-corrected chi connectivity index (χ2v) is 5.61. The molecule has 0 radical (unpaired) electrons. The predicted octanol–water partition coefficient (Wildman–Crippen LogP) is 4.28. The highest BCUT2D eigenvalue weighted by molar-refractivity contribution is 6.30. The van der Waals surface area contributed by atoms with Gasteiger partial charge in [0.05, 0.1) is 5.02 Å². The van der Waals surface area contributed by atoms with E-state index in [4.69, 9.17) is 20.8 Å². The van der Waals surface area contributed by atoms with Crippen LogP contribution in [0.2, 0.25) is 5.02 Å². The van der Waals surface area contributed by atoms with Crippen molar-refractivity contribution in [1.82, 2.24) is 9.78 Å². The Morgan fingerprint density at radius 3 is 2.92 bits per heavy atom. The number of aromatic nitrogens is 2. The van der Waals surface area contributed by atoms with Crippen molar-refractivity contribution in [3.8, 4) is 5.75 Å². The third kappa shape index (κ3) is 4.16. The number of allylic oxidation sites excluding steroid dienone is 1. The number of nitrogens with zero attached hydrogens (tertiary/aromatic N) is 2. The molecule has 3 aromatic rings. The first-order valence-corrected chi connectivity index (χ1v) is 7.78. The van der Waals surface area contributed by atoms with Crippen LogP contribution in [0.5, 0.6) is 5.75 Å². The van der Waals surface area contributed by atoms with Gasteiger partial charge in [-0.15, -0.1) is 0 Å². The van der Waals surface area contributed by atoms with Crippen molar-refractivity contribution in [3.63, 3.8) is 0 Å². The Morgan fingerprint density at radius 2 is 2.20 bits per heavy atom. The van der Waals surface area contributed by atoms with Crippen molar-refractivity contribution in [2.24, 2.45) is 7.05 Å². The zero-order valence-corrected chi connectivity index (χ0v) is 14.0. The van der Waals surface area contributed by atoms with E-state index in [-0.39, 0.29) is 17.4 Å². The molecule has 128 valence electrons. The molecule has 0 spiro atoms. The van der Waals surface area contributed by atoms with Crippen LogP contribution in [-0.4, -0.2) is 15.6 Å². The van der Waals surface area contributed by atoms with Crippen LogP contribution in [0.1, 0.15) is 22.0 Å². The standard InChI is InChI=1S/C18H14ClFN2O3/c1-22-17(8-9-21-22)18(23)7-5-12-2-3-14(25-12)11-24-13-4-6-16(20)15(19)10-13/h2-10H,11H2,1H3/b7-5+. The fourth-order valence-electron chi connectivity index (χ4n) is 2.14. The topological polar surface area (TPSA) is 57.3 Å². The molecule has 2 aromatic heterocycles. The van der Waals surface area contributed by atoms with Crippen LogP contribution in [0.15, 0.2) is 53.1 Å². The van der Waals surface area contributed by atoms with Crippen LogP contribution >= 0.6 is 11.6 Å². The van der Waals surface area contributed by atoms with Gasteiger partial charge in [0, 0.05) is 19.3 Å². The molecule has 0 saturated carbocycles. The second kappa shape index (κ2) is 7.36. The van der Waals surface area contributed by atoms with E-state index in [0.717, 1.165) is 0 Å². The van der Waals surface area contributed by atoms with Crippen molar-refractivity contribution in [2.75, 3.05) is 0 Å². The summed E-state index contributed by atoms with van der Waals surface area (Å²) in [6.07, 6.45) is 4.55. The smallest absolute Gasteiger partial charge is 0.203 e. The molecular weight excluding hydrogens is 347 g/mol. The van der Waals surface area contributed by atoms with Crippen LogP contribution in [0.25, 0.3) is 6.08 Å². The first-order valence-electron chi connectivity index (χ1n) is 7.40. The van der Waals surface area contributed by atoms with Crippen LogP contribution < -0.4 is 4.74 Å². The van der Waals surface area contributed by atoms with Crippen molar-refractivity contribution < 1.29 is 18.3 Å². The van der Waals surface area contributed by atoms with E-state index >= 15 is 0 Å². The van der Waals surface area contributed by atoms with E-state index in [1.54, 1.807) is 37.5 Å². The molecule has 25 heavy (non-hydrogen) atoms. The average Bonchev–Trinajstić information content (AvgIpc) is 3.22. The lowest BCUT2D eigenvalue weighted by Crippen LogP contribution is -2.03. The van der Waals surface area contributed by atoms with E-state index in [1.807, 2.05) is 0 Å². The molecule has 0 aliphatic heterocycles. The lowest BCUT2D eigenvalue weighted by Gasteiger charge is -2.04. The normalized spacial score (nSPS) is 11.2. The minimum atomic E-state index is -0.502. The van der Waals surface area contributed by atoms with Gasteiger partial charge in [-0.2, -0.15) is 5.10 Å². The molecule has 0 amide bonds. The fraction of sp³-hybridized carbons (Fsp3) is 0.111. The van der Waals surface area contributed by atoms with Crippen molar-refractivity contribution in [2.45, 2.75) is 6.61 Å². The van der Waals surface area contributed by atoms with Crippen LogP contribution in [0.4, 0.5) is 4.39 Å². The number of aryl methyl sites for hydroxylation is 1. The number of halogens is 2. The quantitative estimate of drug-likeness (QED) is 0.486. The van der Waals surface area contributed by atoms with E-state index in [0.29, 0.717) is 23.0 Å². The molecule has 0 unspecified atom stereocenters. The molecule has 0 atom stereocenters. The van der Waals surface area contributed by atoms with Gasteiger partial charge >= 0.3 is 0 Å². The monoisotopic (exact) mass is 360 g/mol. The number of hydrogen-bond acceptors (Lipinski definition) is 4. The summed E-state index contributed by atoms with van der Waals surface area (Å²) in [5.74, 6) is 0.846. The van der Waals surface area contributed by atoms with Crippen molar-refractivity contribution in [3.05, 3.63) is 76.7 Å².